The van der Waals surface area contributed by atoms with Crippen LogP contribution in [0.5, 0.6) is 5.75 Å². The van der Waals surface area contributed by atoms with Crippen molar-refractivity contribution in [3.05, 3.63) is 76.2 Å². The molecule has 4 rings (SSSR count). The fourth-order valence-electron chi connectivity index (χ4n) is 4.31. The lowest BCUT2D eigenvalue weighted by atomic mass is 10.0. The van der Waals surface area contributed by atoms with E-state index in [1.807, 2.05) is 58.2 Å². The van der Waals surface area contributed by atoms with Crippen LogP contribution in [0.2, 0.25) is 0 Å². The normalized spacial score (nSPS) is 17.3. The van der Waals surface area contributed by atoms with Crippen molar-refractivity contribution in [1.82, 2.24) is 13.7 Å². The molecule has 0 N–H and O–H groups in total. The van der Waals surface area contributed by atoms with Crippen LogP contribution in [0.3, 0.4) is 0 Å². The highest BCUT2D eigenvalue weighted by Crippen LogP contribution is 2.22. The van der Waals surface area contributed by atoms with Crippen molar-refractivity contribution in [3.63, 3.8) is 0 Å². The molecule has 0 spiro atoms. The van der Waals surface area contributed by atoms with Crippen molar-refractivity contribution in [2.75, 3.05) is 26.3 Å². The number of hydrogen-bond donors (Lipinski definition) is 0. The van der Waals surface area contributed by atoms with E-state index in [0.717, 1.165) is 11.3 Å². The number of rotatable bonds is 7. The fourth-order valence-corrected chi connectivity index (χ4v) is 5.77. The molecule has 1 aliphatic heterocycles. The van der Waals surface area contributed by atoms with Crippen molar-refractivity contribution in [3.8, 4) is 11.4 Å². The van der Waals surface area contributed by atoms with Crippen LogP contribution in [-0.2, 0) is 21.8 Å². The number of benzene rings is 2. The third-order valence-electron chi connectivity index (χ3n) is 6.18. The van der Waals surface area contributed by atoms with Crippen molar-refractivity contribution in [2.24, 2.45) is 7.05 Å². The molecule has 0 amide bonds. The number of nitrogens with zero attached hydrogens (tertiary/aromatic N) is 3. The second-order valence-corrected chi connectivity index (χ2v) is 10.7. The van der Waals surface area contributed by atoms with E-state index in [-0.39, 0.29) is 42.2 Å². The zero-order valence-corrected chi connectivity index (χ0v) is 20.8. The molecule has 3 aromatic rings. The second-order valence-electron chi connectivity index (χ2n) is 8.77. The molecule has 1 aliphatic rings. The number of aromatic nitrogens is 2. The lowest BCUT2D eigenvalue weighted by Crippen LogP contribution is -2.47. The highest BCUT2D eigenvalue weighted by Gasteiger charge is 2.31. The first-order valence-corrected chi connectivity index (χ1v) is 12.8. The Balaban J connectivity index is 1.51. The third kappa shape index (κ3) is 4.68. The Morgan fingerprint density at radius 1 is 1.09 bits per heavy atom. The van der Waals surface area contributed by atoms with Gasteiger partial charge in [0.1, 0.15) is 18.5 Å². The van der Waals surface area contributed by atoms with Gasteiger partial charge in [-0.3, -0.25) is 9.48 Å². The minimum Gasteiger partial charge on any atom is -0.491 e. The summed E-state index contributed by atoms with van der Waals surface area (Å²) in [6.45, 7) is 6.96. The SMILES string of the molecule is Cc1c(C(C)C)c(=O)n(-c2ccc(S(=O)(=O)N3CCOC(COc4ccccc4)C3)cc2)n1C. The van der Waals surface area contributed by atoms with E-state index < -0.39 is 10.0 Å². The monoisotopic (exact) mass is 485 g/mol. The predicted molar refractivity (Wildman–Crippen MR) is 130 cm³/mol. The summed E-state index contributed by atoms with van der Waals surface area (Å²) in [4.78, 5) is 13.2. The maximum Gasteiger partial charge on any atom is 0.275 e. The summed E-state index contributed by atoms with van der Waals surface area (Å²) in [5.41, 5.74) is 2.20. The highest BCUT2D eigenvalue weighted by atomic mass is 32.2. The zero-order valence-electron chi connectivity index (χ0n) is 20.0. The van der Waals surface area contributed by atoms with Gasteiger partial charge in [0.15, 0.2) is 0 Å². The van der Waals surface area contributed by atoms with Crippen molar-refractivity contribution in [2.45, 2.75) is 37.7 Å². The average Bonchev–Trinajstić information content (AvgIpc) is 3.06. The molecule has 1 fully saturated rings. The van der Waals surface area contributed by atoms with Gasteiger partial charge >= 0.3 is 0 Å². The molecule has 2 aromatic carbocycles. The molecule has 1 unspecified atom stereocenters. The first-order chi connectivity index (χ1) is 16.2. The van der Waals surface area contributed by atoms with Gasteiger partial charge in [0.05, 0.1) is 17.2 Å². The quantitative estimate of drug-likeness (QED) is 0.514. The van der Waals surface area contributed by atoms with Crippen LogP contribution in [0.25, 0.3) is 5.69 Å². The Labute approximate surface area is 200 Å². The Morgan fingerprint density at radius 2 is 1.76 bits per heavy atom. The van der Waals surface area contributed by atoms with Crippen LogP contribution in [-0.4, -0.2) is 54.5 Å². The number of para-hydroxylation sites is 1. The van der Waals surface area contributed by atoms with Crippen molar-refractivity contribution >= 4 is 10.0 Å². The topological polar surface area (TPSA) is 82.8 Å². The molecule has 34 heavy (non-hydrogen) atoms. The van der Waals surface area contributed by atoms with E-state index in [4.69, 9.17) is 9.47 Å². The smallest absolute Gasteiger partial charge is 0.275 e. The Morgan fingerprint density at radius 3 is 2.38 bits per heavy atom. The Kier molecular flexibility index (Phi) is 6.97. The van der Waals surface area contributed by atoms with Gasteiger partial charge in [0.25, 0.3) is 5.56 Å². The number of morpholine rings is 1. The first-order valence-electron chi connectivity index (χ1n) is 11.4. The van der Waals surface area contributed by atoms with Gasteiger partial charge in [-0.15, -0.1) is 0 Å². The van der Waals surface area contributed by atoms with E-state index in [0.29, 0.717) is 18.0 Å². The van der Waals surface area contributed by atoms with Gasteiger partial charge in [-0.05, 0) is 49.2 Å². The Hall–Kier alpha value is -2.88. The molecule has 0 saturated carbocycles. The summed E-state index contributed by atoms with van der Waals surface area (Å²) >= 11 is 0. The molecule has 9 heteroatoms. The largest absolute Gasteiger partial charge is 0.491 e. The maximum absolute atomic E-state index is 13.3. The van der Waals surface area contributed by atoms with Gasteiger partial charge in [-0.1, -0.05) is 32.0 Å². The summed E-state index contributed by atoms with van der Waals surface area (Å²) in [5.74, 6) is 0.813. The fraction of sp³-hybridized carbons (Fsp3) is 0.400. The summed E-state index contributed by atoms with van der Waals surface area (Å²) in [6.07, 6.45) is -0.359. The summed E-state index contributed by atoms with van der Waals surface area (Å²) < 4.78 is 42.9. The average molecular weight is 486 g/mol. The maximum atomic E-state index is 13.3. The zero-order chi connectivity index (χ0) is 24.5. The molecule has 182 valence electrons. The van der Waals surface area contributed by atoms with Gasteiger partial charge < -0.3 is 9.47 Å². The lowest BCUT2D eigenvalue weighted by Gasteiger charge is -2.32. The van der Waals surface area contributed by atoms with E-state index in [2.05, 4.69) is 0 Å². The van der Waals surface area contributed by atoms with Crippen LogP contribution in [0.4, 0.5) is 0 Å². The van der Waals surface area contributed by atoms with Crippen LogP contribution < -0.4 is 10.3 Å². The molecule has 1 saturated heterocycles. The molecule has 0 bridgehead atoms. The van der Waals surface area contributed by atoms with Crippen LogP contribution >= 0.6 is 0 Å². The minimum atomic E-state index is -3.71. The van der Waals surface area contributed by atoms with E-state index in [9.17, 15) is 13.2 Å². The van der Waals surface area contributed by atoms with Crippen molar-refractivity contribution in [1.29, 1.82) is 0 Å². The van der Waals surface area contributed by atoms with Crippen molar-refractivity contribution < 1.29 is 17.9 Å². The third-order valence-corrected chi connectivity index (χ3v) is 8.05. The van der Waals surface area contributed by atoms with Gasteiger partial charge in [0, 0.05) is 31.4 Å². The minimum absolute atomic E-state index is 0.0833. The Bertz CT molecular complexity index is 1290. The van der Waals surface area contributed by atoms with Gasteiger partial charge in [-0.2, -0.15) is 4.31 Å². The summed E-state index contributed by atoms with van der Waals surface area (Å²) in [6, 6.07) is 15.8. The van der Waals surface area contributed by atoms with Gasteiger partial charge in [0.2, 0.25) is 10.0 Å². The molecular weight excluding hydrogens is 454 g/mol. The van der Waals surface area contributed by atoms with Gasteiger partial charge in [-0.25, -0.2) is 13.1 Å². The standard InChI is InChI=1S/C25H31N3O5S/c1-18(2)24-19(3)26(4)28(25(24)29)20-10-12-23(13-11-20)34(30,31)27-14-15-32-22(16-27)17-33-21-8-6-5-7-9-21/h5-13,18,22H,14-17H2,1-4H3. The molecule has 1 atom stereocenters. The second kappa shape index (κ2) is 9.77. The van der Waals surface area contributed by atoms with Crippen LogP contribution in [0.15, 0.2) is 64.3 Å². The number of ether oxygens (including phenoxy) is 2. The van der Waals surface area contributed by atoms with E-state index in [1.54, 1.807) is 33.6 Å². The first kappa shape index (κ1) is 24.3. The predicted octanol–water partition coefficient (Wildman–Crippen LogP) is 3.08. The molecule has 8 nitrogen and oxygen atoms in total. The molecule has 0 radical (unpaired) electrons. The number of hydrogen-bond acceptors (Lipinski definition) is 5. The van der Waals surface area contributed by atoms with E-state index in [1.165, 1.54) is 4.31 Å². The highest BCUT2D eigenvalue weighted by molar-refractivity contribution is 7.89. The van der Waals surface area contributed by atoms with Crippen LogP contribution in [0.1, 0.15) is 31.0 Å². The molecule has 2 heterocycles. The molecule has 0 aliphatic carbocycles. The molecular formula is C25H31N3O5S. The lowest BCUT2D eigenvalue weighted by molar-refractivity contribution is -0.0249. The van der Waals surface area contributed by atoms with Crippen LogP contribution in [0, 0.1) is 6.92 Å². The molecule has 1 aromatic heterocycles. The number of sulfonamides is 1. The summed E-state index contributed by atoms with van der Waals surface area (Å²) in [7, 11) is -1.88. The van der Waals surface area contributed by atoms with E-state index >= 15 is 0 Å². The summed E-state index contributed by atoms with van der Waals surface area (Å²) in [5, 5.41) is 0.